The highest BCUT2D eigenvalue weighted by Crippen LogP contribution is 2.40. The third-order valence-corrected chi connectivity index (χ3v) is 8.63. The van der Waals surface area contributed by atoms with E-state index in [0.29, 0.717) is 13.0 Å². The molecule has 170 valence electrons. The van der Waals surface area contributed by atoms with E-state index in [-0.39, 0.29) is 11.1 Å². The van der Waals surface area contributed by atoms with E-state index in [1.807, 2.05) is 18.3 Å². The zero-order valence-corrected chi connectivity index (χ0v) is 20.5. The van der Waals surface area contributed by atoms with Gasteiger partial charge in [-0.1, -0.05) is 41.7 Å². The van der Waals surface area contributed by atoms with E-state index in [2.05, 4.69) is 75.8 Å². The van der Waals surface area contributed by atoms with Gasteiger partial charge in [0.2, 0.25) is 5.52 Å². The number of aryl methyl sites for hydroxylation is 1. The minimum atomic E-state index is -3.99. The molecule has 1 aromatic heterocycles. The number of likely N-dealkylation sites (N-methyl/N-ethyl adjacent to an activating group) is 1. The summed E-state index contributed by atoms with van der Waals surface area (Å²) in [4.78, 5) is 2.23. The Morgan fingerprint density at radius 1 is 1.18 bits per heavy atom. The molecule has 3 heterocycles. The molecule has 0 saturated heterocycles. The topological polar surface area (TPSA) is 73.5 Å². The van der Waals surface area contributed by atoms with Crippen LogP contribution in [0.3, 0.4) is 0 Å². The summed E-state index contributed by atoms with van der Waals surface area (Å²) in [5.41, 5.74) is 5.65. The number of nitrogens with zero attached hydrogens (tertiary/aromatic N) is 2. The molecular formula is C24H24N3O3S3+. The van der Waals surface area contributed by atoms with Gasteiger partial charge in [0, 0.05) is 43.1 Å². The third kappa shape index (κ3) is 4.59. The van der Waals surface area contributed by atoms with Gasteiger partial charge in [-0.05, 0) is 29.2 Å². The molecule has 2 aromatic carbocycles. The highest BCUT2D eigenvalue weighted by molar-refractivity contribution is 8.03. The Bertz CT molecular complexity index is 1400. The number of thioether (sulfide) groups is 1. The maximum absolute atomic E-state index is 11.3. The molecule has 0 fully saturated rings. The number of para-hydroxylation sites is 2. The summed E-state index contributed by atoms with van der Waals surface area (Å²) in [6.45, 7) is 0.505. The van der Waals surface area contributed by atoms with Crippen LogP contribution in [0.25, 0.3) is 21.9 Å². The molecule has 0 radical (unpaired) electrons. The summed E-state index contributed by atoms with van der Waals surface area (Å²) >= 11 is 3.43. The van der Waals surface area contributed by atoms with E-state index in [4.69, 9.17) is 0 Å². The largest absolute Gasteiger partial charge is 0.374 e. The molecule has 1 atom stereocenters. The molecule has 3 aromatic rings. The number of nitrogens with one attached hydrogen (secondary N) is 1. The van der Waals surface area contributed by atoms with E-state index >= 15 is 0 Å². The van der Waals surface area contributed by atoms with E-state index in [9.17, 15) is 13.0 Å². The van der Waals surface area contributed by atoms with Crippen molar-refractivity contribution in [2.75, 3.05) is 17.7 Å². The first-order valence-electron chi connectivity index (χ1n) is 10.6. The Morgan fingerprint density at radius 2 is 1.97 bits per heavy atom. The van der Waals surface area contributed by atoms with Crippen LogP contribution in [0, 0.1) is 0 Å². The molecule has 9 heteroatoms. The van der Waals surface area contributed by atoms with Crippen molar-refractivity contribution in [2.24, 2.45) is 0 Å². The van der Waals surface area contributed by atoms with Crippen molar-refractivity contribution in [3.05, 3.63) is 82.5 Å². The van der Waals surface area contributed by atoms with Gasteiger partial charge in [0.15, 0.2) is 6.54 Å². The fourth-order valence-corrected chi connectivity index (χ4v) is 6.69. The number of hydrogen-bond donors (Lipinski definition) is 2. The van der Waals surface area contributed by atoms with Crippen molar-refractivity contribution < 1.29 is 17.5 Å². The van der Waals surface area contributed by atoms with Gasteiger partial charge in [0.05, 0.1) is 11.4 Å². The van der Waals surface area contributed by atoms with E-state index in [1.54, 1.807) is 23.1 Å². The first-order valence-corrected chi connectivity index (χ1v) is 14.0. The second kappa shape index (κ2) is 8.98. The summed E-state index contributed by atoms with van der Waals surface area (Å²) in [5.74, 6) is -0.255. The van der Waals surface area contributed by atoms with Crippen molar-refractivity contribution in [1.29, 1.82) is 0 Å². The van der Waals surface area contributed by atoms with Gasteiger partial charge in [-0.15, -0.1) is 11.8 Å². The smallest absolute Gasteiger partial charge is 0.265 e. The number of anilines is 1. The lowest BCUT2D eigenvalue weighted by Gasteiger charge is -2.33. The maximum atomic E-state index is 11.3. The summed E-state index contributed by atoms with van der Waals surface area (Å²) in [5, 5.41) is 6.67. The molecule has 0 amide bonds. The highest BCUT2D eigenvalue weighted by Gasteiger charge is 2.28. The highest BCUT2D eigenvalue weighted by atomic mass is 32.2. The molecule has 0 bridgehead atoms. The SMILES string of the molecule is CN1C(C2NC=CS2)=C/C(=C\c2sc3ccccc3[n+]2CCCS(=O)(=O)O)c2ccccc21. The summed E-state index contributed by atoms with van der Waals surface area (Å²) < 4.78 is 35.0. The number of fused-ring (bicyclic) bond motifs is 2. The molecule has 5 rings (SSSR count). The molecule has 0 spiro atoms. The number of allylic oxidation sites excluding steroid dienone is 2. The standard InChI is InChI=1S/C24H23N3O3S3/c1-26-19-8-3-2-7-18(19)17(15-21(26)24-25-11-13-31-24)16-23-27(12-6-14-33(28,29)30)20-9-4-5-10-22(20)32-23/h2-5,7-11,13,15-16,24-25H,6,12,14H2,1H3/p+1. The average molecular weight is 499 g/mol. The van der Waals surface area contributed by atoms with Crippen LogP contribution in [0.5, 0.6) is 0 Å². The summed E-state index contributed by atoms with van der Waals surface area (Å²) in [7, 11) is -1.89. The Balaban J connectivity index is 1.61. The minimum absolute atomic E-state index is 0.149. The lowest BCUT2D eigenvalue weighted by molar-refractivity contribution is -0.668. The van der Waals surface area contributed by atoms with E-state index < -0.39 is 10.1 Å². The second-order valence-electron chi connectivity index (χ2n) is 7.93. The van der Waals surface area contributed by atoms with Crippen LogP contribution < -0.4 is 14.8 Å². The van der Waals surface area contributed by atoms with Gasteiger partial charge in [-0.25, -0.2) is 0 Å². The molecule has 0 aliphatic carbocycles. The van der Waals surface area contributed by atoms with Crippen molar-refractivity contribution in [1.82, 2.24) is 5.32 Å². The van der Waals surface area contributed by atoms with Crippen LogP contribution in [0.15, 0.2) is 71.9 Å². The van der Waals surface area contributed by atoms with Crippen LogP contribution >= 0.6 is 23.1 Å². The Hall–Kier alpha value is -2.59. The molecule has 6 nitrogen and oxygen atoms in total. The maximum Gasteiger partial charge on any atom is 0.265 e. The summed E-state index contributed by atoms with van der Waals surface area (Å²) in [6.07, 6.45) is 6.74. The monoisotopic (exact) mass is 498 g/mol. The van der Waals surface area contributed by atoms with Crippen LogP contribution in [0.2, 0.25) is 0 Å². The fourth-order valence-electron chi connectivity index (χ4n) is 4.22. The zero-order valence-electron chi connectivity index (χ0n) is 18.0. The van der Waals surface area contributed by atoms with Crippen molar-refractivity contribution in [2.45, 2.75) is 18.3 Å². The van der Waals surface area contributed by atoms with Gasteiger partial charge in [-0.3, -0.25) is 4.55 Å². The van der Waals surface area contributed by atoms with Crippen LogP contribution in [0.1, 0.15) is 17.0 Å². The Labute approximate surface area is 201 Å². The predicted molar refractivity (Wildman–Crippen MR) is 138 cm³/mol. The number of thiazole rings is 1. The van der Waals surface area contributed by atoms with Gasteiger partial charge in [0.25, 0.3) is 15.1 Å². The molecule has 2 aliphatic rings. The molecular weight excluding hydrogens is 474 g/mol. The van der Waals surface area contributed by atoms with Crippen molar-refractivity contribution >= 4 is 60.8 Å². The minimum Gasteiger partial charge on any atom is -0.374 e. The third-order valence-electron chi connectivity index (χ3n) is 5.77. The number of rotatable bonds is 6. The van der Waals surface area contributed by atoms with E-state index in [1.165, 1.54) is 5.70 Å². The van der Waals surface area contributed by atoms with Crippen molar-refractivity contribution in [3.63, 3.8) is 0 Å². The van der Waals surface area contributed by atoms with Crippen LogP contribution in [-0.2, 0) is 16.7 Å². The van der Waals surface area contributed by atoms with Gasteiger partial charge < -0.3 is 10.2 Å². The van der Waals surface area contributed by atoms with Crippen LogP contribution in [-0.4, -0.2) is 31.1 Å². The molecule has 0 saturated carbocycles. The summed E-state index contributed by atoms with van der Waals surface area (Å²) in [6, 6.07) is 16.5. The average Bonchev–Trinajstić information content (AvgIpc) is 3.44. The Kier molecular flexibility index (Phi) is 6.05. The lowest BCUT2D eigenvalue weighted by atomic mass is 9.97. The Morgan fingerprint density at radius 3 is 2.76 bits per heavy atom. The van der Waals surface area contributed by atoms with Gasteiger partial charge >= 0.3 is 0 Å². The van der Waals surface area contributed by atoms with Gasteiger partial charge in [0.1, 0.15) is 10.1 Å². The quantitative estimate of drug-likeness (QED) is 0.386. The lowest BCUT2D eigenvalue weighted by Crippen LogP contribution is -2.36. The first-order chi connectivity index (χ1) is 15.9. The number of benzene rings is 2. The molecule has 2 N–H and O–H groups in total. The first kappa shape index (κ1) is 22.2. The second-order valence-corrected chi connectivity index (χ2v) is 11.6. The predicted octanol–water partition coefficient (Wildman–Crippen LogP) is 4.47. The molecule has 1 unspecified atom stereocenters. The van der Waals surface area contributed by atoms with Crippen molar-refractivity contribution in [3.8, 4) is 0 Å². The van der Waals surface area contributed by atoms with Gasteiger partial charge in [-0.2, -0.15) is 13.0 Å². The van der Waals surface area contributed by atoms with Crippen LogP contribution in [0.4, 0.5) is 5.69 Å². The number of hydrogen-bond acceptors (Lipinski definition) is 6. The molecule has 33 heavy (non-hydrogen) atoms. The normalized spacial score (nSPS) is 19.1. The molecule has 2 aliphatic heterocycles. The zero-order chi connectivity index (χ0) is 23.0. The van der Waals surface area contributed by atoms with E-state index in [0.717, 1.165) is 32.0 Å². The fraction of sp³-hybridized carbons (Fsp3) is 0.208. The number of aromatic nitrogens is 1.